The van der Waals surface area contributed by atoms with E-state index in [2.05, 4.69) is 39.9 Å². The molecule has 3 atom stereocenters. The highest BCUT2D eigenvalue weighted by molar-refractivity contribution is 7.09. The van der Waals surface area contributed by atoms with Crippen LogP contribution in [-0.2, 0) is 0 Å². The highest BCUT2D eigenvalue weighted by Crippen LogP contribution is 2.42. The lowest BCUT2D eigenvalue weighted by Crippen LogP contribution is -2.40. The number of nitrogens with one attached hydrogen (secondary N) is 2. The van der Waals surface area contributed by atoms with Crippen LogP contribution < -0.4 is 10.6 Å². The summed E-state index contributed by atoms with van der Waals surface area (Å²) in [7, 11) is 0. The van der Waals surface area contributed by atoms with Crippen LogP contribution in [0.2, 0.25) is 0 Å². The van der Waals surface area contributed by atoms with Crippen LogP contribution >= 0.6 is 11.3 Å². The molecule has 0 aliphatic heterocycles. The maximum Gasteiger partial charge on any atom is 0.315 e. The van der Waals surface area contributed by atoms with Gasteiger partial charge in [0.05, 0.1) is 6.04 Å². The summed E-state index contributed by atoms with van der Waals surface area (Å²) in [5, 5.41) is 9.22. The van der Waals surface area contributed by atoms with E-state index in [-0.39, 0.29) is 18.1 Å². The number of carbonyl (C=O) groups is 1. The molecule has 2 aliphatic rings. The van der Waals surface area contributed by atoms with Crippen molar-refractivity contribution >= 4 is 17.4 Å². The lowest BCUT2D eigenvalue weighted by Gasteiger charge is -2.16. The molecule has 2 N–H and O–H groups in total. The summed E-state index contributed by atoms with van der Waals surface area (Å²) in [4.78, 5) is 16.6. The van der Waals surface area contributed by atoms with Crippen molar-refractivity contribution in [2.45, 2.75) is 37.3 Å². The molecule has 1 aromatic heterocycles. The smallest absolute Gasteiger partial charge is 0.315 e. The summed E-state index contributed by atoms with van der Waals surface area (Å²) in [6, 6.07) is 10.7. The van der Waals surface area contributed by atoms with E-state index < -0.39 is 0 Å². The molecule has 1 aromatic carbocycles. The molecule has 2 aromatic rings. The van der Waals surface area contributed by atoms with E-state index in [0.29, 0.717) is 11.8 Å². The minimum Gasteiger partial charge on any atom is -0.335 e. The first-order chi connectivity index (χ1) is 10.8. The second-order valence-electron chi connectivity index (χ2n) is 6.16. The first-order valence-electron chi connectivity index (χ1n) is 7.82. The van der Waals surface area contributed by atoms with Crippen molar-refractivity contribution < 1.29 is 4.79 Å². The third kappa shape index (κ3) is 2.99. The molecular weight excluding hydrogens is 294 g/mol. The van der Waals surface area contributed by atoms with Crippen LogP contribution in [0.15, 0.2) is 41.9 Å². The minimum atomic E-state index is -0.0597. The van der Waals surface area contributed by atoms with E-state index in [1.54, 1.807) is 17.5 Å². The maximum absolute atomic E-state index is 12.3. The maximum atomic E-state index is 12.3. The Balaban J connectivity index is 1.33. The van der Waals surface area contributed by atoms with Gasteiger partial charge in [-0.2, -0.15) is 0 Å². The summed E-state index contributed by atoms with van der Waals surface area (Å²) >= 11 is 1.62. The molecule has 0 unspecified atom stereocenters. The molecule has 0 saturated heterocycles. The van der Waals surface area contributed by atoms with Crippen molar-refractivity contribution in [2.75, 3.05) is 0 Å². The highest BCUT2D eigenvalue weighted by Gasteiger charge is 2.41. The molecule has 5 heteroatoms. The second kappa shape index (κ2) is 5.72. The molecule has 2 amide bonds. The third-order valence-electron chi connectivity index (χ3n) is 4.43. The quantitative estimate of drug-likeness (QED) is 0.888. The number of carbonyl (C=O) groups excluding carboxylic acids is 1. The van der Waals surface area contributed by atoms with Gasteiger partial charge in [-0.25, -0.2) is 9.78 Å². The lowest BCUT2D eigenvalue weighted by atomic mass is 10.1. The Morgan fingerprint density at radius 3 is 2.77 bits per heavy atom. The normalized spacial score (nSPS) is 24.5. The SMILES string of the molecule is O=C(N[C@@H](c1nccs1)C1CC1)N[C@@H]1C[C@@H]1c1ccccc1. The molecule has 22 heavy (non-hydrogen) atoms. The largest absolute Gasteiger partial charge is 0.335 e. The van der Waals surface area contributed by atoms with Crippen LogP contribution in [-0.4, -0.2) is 17.1 Å². The molecule has 114 valence electrons. The number of aromatic nitrogens is 1. The second-order valence-corrected chi connectivity index (χ2v) is 7.09. The van der Waals surface area contributed by atoms with E-state index in [0.717, 1.165) is 11.4 Å². The summed E-state index contributed by atoms with van der Waals surface area (Å²) in [6.45, 7) is 0. The first kappa shape index (κ1) is 13.8. The molecular formula is C17H19N3OS. The fourth-order valence-electron chi connectivity index (χ4n) is 2.97. The highest BCUT2D eigenvalue weighted by atomic mass is 32.1. The van der Waals surface area contributed by atoms with Gasteiger partial charge in [0.15, 0.2) is 0 Å². The van der Waals surface area contributed by atoms with Crippen molar-refractivity contribution in [3.8, 4) is 0 Å². The first-order valence-corrected chi connectivity index (χ1v) is 8.70. The van der Waals surface area contributed by atoms with Gasteiger partial charge in [0.1, 0.15) is 5.01 Å². The zero-order chi connectivity index (χ0) is 14.9. The van der Waals surface area contributed by atoms with E-state index in [4.69, 9.17) is 0 Å². The monoisotopic (exact) mass is 313 g/mol. The van der Waals surface area contributed by atoms with Gasteiger partial charge in [0.25, 0.3) is 0 Å². The third-order valence-corrected chi connectivity index (χ3v) is 5.29. The Labute approximate surface area is 134 Å². The van der Waals surface area contributed by atoms with Gasteiger partial charge in [0.2, 0.25) is 0 Å². The lowest BCUT2D eigenvalue weighted by molar-refractivity contribution is 0.235. The van der Waals surface area contributed by atoms with Crippen LogP contribution in [0.3, 0.4) is 0 Å². The Morgan fingerprint density at radius 1 is 1.27 bits per heavy atom. The van der Waals surface area contributed by atoms with Crippen LogP contribution in [0.1, 0.15) is 41.8 Å². The molecule has 1 heterocycles. The zero-order valence-electron chi connectivity index (χ0n) is 12.2. The molecule has 0 radical (unpaired) electrons. The fraction of sp³-hybridized carbons (Fsp3) is 0.412. The van der Waals surface area contributed by atoms with Gasteiger partial charge in [-0.05, 0) is 30.7 Å². The van der Waals surface area contributed by atoms with Crippen molar-refractivity contribution in [2.24, 2.45) is 5.92 Å². The van der Waals surface area contributed by atoms with E-state index >= 15 is 0 Å². The Bertz CT molecular complexity index is 639. The fourth-order valence-corrected chi connectivity index (χ4v) is 3.75. The molecule has 2 saturated carbocycles. The van der Waals surface area contributed by atoms with Crippen LogP contribution in [0, 0.1) is 5.92 Å². The van der Waals surface area contributed by atoms with Crippen LogP contribution in [0.25, 0.3) is 0 Å². The molecule has 2 aliphatic carbocycles. The average Bonchev–Trinajstić information content (AvgIpc) is 3.45. The Hall–Kier alpha value is -1.88. The predicted molar refractivity (Wildman–Crippen MR) is 86.8 cm³/mol. The molecule has 0 spiro atoms. The number of benzene rings is 1. The van der Waals surface area contributed by atoms with Crippen molar-refractivity contribution in [3.05, 3.63) is 52.5 Å². The molecule has 2 fully saturated rings. The predicted octanol–water partition coefficient (Wildman–Crippen LogP) is 3.45. The van der Waals surface area contributed by atoms with Gasteiger partial charge in [-0.1, -0.05) is 30.3 Å². The van der Waals surface area contributed by atoms with Crippen molar-refractivity contribution in [1.82, 2.24) is 15.6 Å². The number of urea groups is 1. The summed E-state index contributed by atoms with van der Waals surface area (Å²) in [6.07, 6.45) is 5.20. The van der Waals surface area contributed by atoms with Gasteiger partial charge >= 0.3 is 6.03 Å². The van der Waals surface area contributed by atoms with Crippen LogP contribution in [0.4, 0.5) is 4.79 Å². The topological polar surface area (TPSA) is 54.0 Å². The number of hydrogen-bond donors (Lipinski definition) is 2. The molecule has 0 bridgehead atoms. The Morgan fingerprint density at radius 2 is 2.09 bits per heavy atom. The minimum absolute atomic E-state index is 0.0597. The number of amides is 2. The van der Waals surface area contributed by atoms with E-state index in [1.807, 2.05) is 11.4 Å². The van der Waals surface area contributed by atoms with Gasteiger partial charge in [0, 0.05) is 23.5 Å². The van der Waals surface area contributed by atoms with Crippen molar-refractivity contribution in [1.29, 1.82) is 0 Å². The van der Waals surface area contributed by atoms with E-state index in [9.17, 15) is 4.79 Å². The Kier molecular flexibility index (Phi) is 3.58. The number of nitrogens with zero attached hydrogens (tertiary/aromatic N) is 1. The van der Waals surface area contributed by atoms with Gasteiger partial charge in [-0.3, -0.25) is 0 Å². The standard InChI is InChI=1S/C17H19N3OS/c21-17(19-14-10-13(14)11-4-2-1-3-5-11)20-15(12-6-7-12)16-18-8-9-22-16/h1-5,8-9,12-15H,6-7,10H2,(H2,19,20,21)/t13-,14-,15-/m1/s1. The van der Waals surface area contributed by atoms with Gasteiger partial charge in [-0.15, -0.1) is 11.3 Å². The average molecular weight is 313 g/mol. The summed E-state index contributed by atoms with van der Waals surface area (Å²) in [5.74, 6) is 1.02. The number of rotatable bonds is 5. The van der Waals surface area contributed by atoms with Crippen LogP contribution in [0.5, 0.6) is 0 Å². The summed E-state index contributed by atoms with van der Waals surface area (Å²) in [5.41, 5.74) is 1.31. The zero-order valence-corrected chi connectivity index (χ0v) is 13.1. The van der Waals surface area contributed by atoms with Gasteiger partial charge < -0.3 is 10.6 Å². The number of thiazole rings is 1. The van der Waals surface area contributed by atoms with Crippen molar-refractivity contribution in [3.63, 3.8) is 0 Å². The number of hydrogen-bond acceptors (Lipinski definition) is 3. The summed E-state index contributed by atoms with van der Waals surface area (Å²) < 4.78 is 0. The molecule has 4 rings (SSSR count). The van der Waals surface area contributed by atoms with E-state index in [1.165, 1.54) is 18.4 Å². The molecule has 4 nitrogen and oxygen atoms in total.